The highest BCUT2D eigenvalue weighted by molar-refractivity contribution is 7.22. The number of nitrogens with one attached hydrogen (secondary N) is 2. The molecule has 7 nitrogen and oxygen atoms in total. The molecule has 0 aliphatic carbocycles. The summed E-state index contributed by atoms with van der Waals surface area (Å²) in [6.07, 6.45) is 4.84. The van der Waals surface area contributed by atoms with E-state index in [1.54, 1.807) is 6.07 Å². The molecule has 0 unspecified atom stereocenters. The molecule has 1 aliphatic heterocycles. The van der Waals surface area contributed by atoms with Crippen molar-refractivity contribution in [2.24, 2.45) is 5.92 Å². The first-order valence-corrected chi connectivity index (χ1v) is 11.0. The third kappa shape index (κ3) is 6.00. The maximum atomic E-state index is 12.3. The number of anilines is 2. The molecule has 0 saturated carbocycles. The fourth-order valence-electron chi connectivity index (χ4n) is 3.23. The van der Waals surface area contributed by atoms with E-state index in [1.807, 2.05) is 30.9 Å². The van der Waals surface area contributed by atoms with E-state index in [0.29, 0.717) is 16.3 Å². The van der Waals surface area contributed by atoms with Gasteiger partial charge in [0.1, 0.15) is 0 Å². The molecule has 1 saturated heterocycles. The van der Waals surface area contributed by atoms with Gasteiger partial charge in [-0.15, -0.1) is 0 Å². The van der Waals surface area contributed by atoms with Gasteiger partial charge in [-0.3, -0.25) is 14.4 Å². The number of carbonyl (C=O) groups is 3. The second kappa shape index (κ2) is 9.82. The number of aromatic nitrogens is 1. The first-order valence-electron chi connectivity index (χ1n) is 10.2. The largest absolute Gasteiger partial charge is 0.343 e. The molecule has 8 heteroatoms. The summed E-state index contributed by atoms with van der Waals surface area (Å²) in [6.45, 7) is 5.26. The molecule has 0 atom stereocenters. The molecule has 29 heavy (non-hydrogen) atoms. The number of hydrogen-bond acceptors (Lipinski definition) is 5. The van der Waals surface area contributed by atoms with Gasteiger partial charge in [0.25, 0.3) is 0 Å². The molecule has 2 N–H and O–H groups in total. The standard InChI is InChI=1S/C21H28N4O3S/c1-14(2)20(28)24-21-23-16-13-15(7-8-17(16)29-21)22-18(26)9-10-19(27)25-11-5-3-4-6-12-25/h7-8,13-14H,3-6,9-12H2,1-2H3,(H,22,26)(H,23,24,28). The predicted molar refractivity (Wildman–Crippen MR) is 116 cm³/mol. The fraction of sp³-hybridized carbons (Fsp3) is 0.524. The van der Waals surface area contributed by atoms with Crippen LogP contribution >= 0.6 is 11.3 Å². The Morgan fingerprint density at radius 2 is 1.79 bits per heavy atom. The van der Waals surface area contributed by atoms with E-state index in [0.717, 1.165) is 30.6 Å². The summed E-state index contributed by atoms with van der Waals surface area (Å²) in [4.78, 5) is 42.7. The number of fused-ring (bicyclic) bond motifs is 1. The van der Waals surface area contributed by atoms with Crippen molar-refractivity contribution in [3.05, 3.63) is 18.2 Å². The zero-order valence-corrected chi connectivity index (χ0v) is 17.8. The lowest BCUT2D eigenvalue weighted by Gasteiger charge is -2.20. The number of hydrogen-bond donors (Lipinski definition) is 2. The number of nitrogens with zero attached hydrogens (tertiary/aromatic N) is 2. The van der Waals surface area contributed by atoms with E-state index in [-0.39, 0.29) is 36.5 Å². The van der Waals surface area contributed by atoms with Crippen molar-refractivity contribution in [1.82, 2.24) is 9.88 Å². The molecular weight excluding hydrogens is 388 g/mol. The van der Waals surface area contributed by atoms with Crippen LogP contribution in [0.4, 0.5) is 10.8 Å². The van der Waals surface area contributed by atoms with E-state index in [9.17, 15) is 14.4 Å². The van der Waals surface area contributed by atoms with Gasteiger partial charge in [0.2, 0.25) is 17.7 Å². The molecule has 3 amide bonds. The quantitative estimate of drug-likeness (QED) is 0.744. The third-order valence-electron chi connectivity index (χ3n) is 4.95. The first kappa shape index (κ1) is 21.2. The highest BCUT2D eigenvalue weighted by Crippen LogP contribution is 2.28. The average Bonchev–Trinajstić information content (AvgIpc) is 2.89. The van der Waals surface area contributed by atoms with Gasteiger partial charge in [-0.25, -0.2) is 4.98 Å². The second-order valence-corrected chi connectivity index (χ2v) is 8.72. The van der Waals surface area contributed by atoms with Crippen molar-refractivity contribution < 1.29 is 14.4 Å². The van der Waals surface area contributed by atoms with Crippen molar-refractivity contribution in [2.75, 3.05) is 23.7 Å². The van der Waals surface area contributed by atoms with Crippen LogP contribution < -0.4 is 10.6 Å². The van der Waals surface area contributed by atoms with E-state index >= 15 is 0 Å². The molecular formula is C21H28N4O3S. The van der Waals surface area contributed by atoms with Crippen molar-refractivity contribution >= 4 is 50.1 Å². The van der Waals surface area contributed by atoms with Crippen LogP contribution in [-0.2, 0) is 14.4 Å². The summed E-state index contributed by atoms with van der Waals surface area (Å²) in [6, 6.07) is 5.46. The SMILES string of the molecule is CC(C)C(=O)Nc1nc2cc(NC(=O)CCC(=O)N3CCCCCC3)ccc2s1. The molecule has 1 aromatic carbocycles. The van der Waals surface area contributed by atoms with Gasteiger partial charge in [0.15, 0.2) is 5.13 Å². The van der Waals surface area contributed by atoms with Crippen LogP contribution in [0.1, 0.15) is 52.4 Å². The van der Waals surface area contributed by atoms with Crippen molar-refractivity contribution in [3.63, 3.8) is 0 Å². The number of thiazole rings is 1. The summed E-state index contributed by atoms with van der Waals surface area (Å²) in [5.41, 5.74) is 1.35. The minimum absolute atomic E-state index is 0.0579. The maximum absolute atomic E-state index is 12.3. The lowest BCUT2D eigenvalue weighted by Crippen LogP contribution is -2.32. The molecule has 156 valence electrons. The zero-order valence-electron chi connectivity index (χ0n) is 17.0. The second-order valence-electron chi connectivity index (χ2n) is 7.69. The highest BCUT2D eigenvalue weighted by atomic mass is 32.1. The Balaban J connectivity index is 1.54. The van der Waals surface area contributed by atoms with E-state index in [4.69, 9.17) is 0 Å². The highest BCUT2D eigenvalue weighted by Gasteiger charge is 2.17. The van der Waals surface area contributed by atoms with E-state index in [2.05, 4.69) is 15.6 Å². The Morgan fingerprint density at radius 3 is 2.48 bits per heavy atom. The van der Waals surface area contributed by atoms with Gasteiger partial charge in [-0.2, -0.15) is 0 Å². The normalized spacial score (nSPS) is 14.7. The van der Waals surface area contributed by atoms with Crippen LogP contribution in [0.15, 0.2) is 18.2 Å². The monoisotopic (exact) mass is 416 g/mol. The van der Waals surface area contributed by atoms with Crippen LogP contribution in [0.3, 0.4) is 0 Å². The Bertz CT molecular complexity index is 885. The molecule has 0 radical (unpaired) electrons. The fourth-order valence-corrected chi connectivity index (χ4v) is 4.08. The Kier molecular flexibility index (Phi) is 7.19. The Labute approximate surface area is 174 Å². The number of likely N-dealkylation sites (tertiary alicyclic amines) is 1. The first-order chi connectivity index (χ1) is 13.9. The lowest BCUT2D eigenvalue weighted by molar-refractivity contribution is -0.132. The Morgan fingerprint density at radius 1 is 1.07 bits per heavy atom. The molecule has 1 aromatic heterocycles. The number of benzene rings is 1. The molecule has 2 aromatic rings. The lowest BCUT2D eigenvalue weighted by atomic mass is 10.2. The third-order valence-corrected chi connectivity index (χ3v) is 5.90. The summed E-state index contributed by atoms with van der Waals surface area (Å²) in [5, 5.41) is 6.19. The van der Waals surface area contributed by atoms with Crippen LogP contribution in [0.25, 0.3) is 10.2 Å². The summed E-state index contributed by atoms with van der Waals surface area (Å²) >= 11 is 1.40. The molecule has 3 rings (SSSR count). The van der Waals surface area contributed by atoms with Gasteiger partial charge in [0.05, 0.1) is 10.2 Å². The van der Waals surface area contributed by atoms with E-state index in [1.165, 1.54) is 24.2 Å². The summed E-state index contributed by atoms with van der Waals surface area (Å²) in [5.74, 6) is -0.320. The maximum Gasteiger partial charge on any atom is 0.228 e. The topological polar surface area (TPSA) is 91.4 Å². The van der Waals surface area contributed by atoms with Crippen molar-refractivity contribution in [1.29, 1.82) is 0 Å². The van der Waals surface area contributed by atoms with Gasteiger partial charge in [-0.1, -0.05) is 38.0 Å². The van der Waals surface area contributed by atoms with E-state index < -0.39 is 0 Å². The van der Waals surface area contributed by atoms with Crippen LogP contribution in [0, 0.1) is 5.92 Å². The van der Waals surface area contributed by atoms with Crippen LogP contribution in [0.5, 0.6) is 0 Å². The summed E-state index contributed by atoms with van der Waals surface area (Å²) in [7, 11) is 0. The molecule has 0 bridgehead atoms. The van der Waals surface area contributed by atoms with Gasteiger partial charge in [-0.05, 0) is 31.0 Å². The van der Waals surface area contributed by atoms with Crippen molar-refractivity contribution in [3.8, 4) is 0 Å². The predicted octanol–water partition coefficient (Wildman–Crippen LogP) is 4.01. The number of amides is 3. The number of carbonyl (C=O) groups excluding carboxylic acids is 3. The molecule has 1 fully saturated rings. The zero-order chi connectivity index (χ0) is 20.8. The van der Waals surface area contributed by atoms with Crippen molar-refractivity contribution in [2.45, 2.75) is 52.4 Å². The average molecular weight is 417 g/mol. The smallest absolute Gasteiger partial charge is 0.228 e. The number of rotatable bonds is 6. The minimum Gasteiger partial charge on any atom is -0.343 e. The van der Waals surface area contributed by atoms with Crippen LogP contribution in [0.2, 0.25) is 0 Å². The molecule has 0 spiro atoms. The summed E-state index contributed by atoms with van der Waals surface area (Å²) < 4.78 is 0.929. The minimum atomic E-state index is -0.184. The Hall–Kier alpha value is -2.48. The van der Waals surface area contributed by atoms with Gasteiger partial charge in [0, 0.05) is 37.5 Å². The van der Waals surface area contributed by atoms with Gasteiger partial charge < -0.3 is 15.5 Å². The molecule has 1 aliphatic rings. The van der Waals surface area contributed by atoms with Crippen LogP contribution in [-0.4, -0.2) is 40.7 Å². The molecule has 2 heterocycles. The van der Waals surface area contributed by atoms with Gasteiger partial charge >= 0.3 is 0 Å².